The number of benzene rings is 1. The van der Waals surface area contributed by atoms with Gasteiger partial charge in [-0.15, -0.1) is 0 Å². The minimum atomic E-state index is -0.653. The molecule has 0 aliphatic rings. The summed E-state index contributed by atoms with van der Waals surface area (Å²) in [5.41, 5.74) is 0. The van der Waals surface area contributed by atoms with E-state index in [2.05, 4.69) is 64.2 Å². The quantitative estimate of drug-likeness (QED) is 0.721. The van der Waals surface area contributed by atoms with E-state index in [4.69, 9.17) is 0 Å². The third-order valence-electron chi connectivity index (χ3n) is 2.85. The SMILES string of the molecule is C[CH2][Sn]([CH2]C)[CH2]C.C[Si](C)c1ccccc1. The molecule has 0 amide bonds. The Kier molecular flexibility index (Phi) is 10.5. The summed E-state index contributed by atoms with van der Waals surface area (Å²) in [6.45, 7) is 11.7. The fourth-order valence-electron chi connectivity index (χ4n) is 1.52. The van der Waals surface area contributed by atoms with Crippen molar-refractivity contribution in [3.63, 3.8) is 0 Å². The minimum Gasteiger partial charge on any atom is -0.0671 e. The average molecular weight is 341 g/mol. The molecular formula is C14H26SiSn. The molecule has 2 heteroatoms. The van der Waals surface area contributed by atoms with Gasteiger partial charge in [-0.1, -0.05) is 48.6 Å². The summed E-state index contributed by atoms with van der Waals surface area (Å²) < 4.78 is 4.65. The minimum absolute atomic E-state index is 0.212. The molecule has 1 rings (SSSR count). The van der Waals surface area contributed by atoms with Crippen molar-refractivity contribution in [1.29, 1.82) is 0 Å². The van der Waals surface area contributed by atoms with Gasteiger partial charge in [-0.25, -0.2) is 0 Å². The monoisotopic (exact) mass is 342 g/mol. The molecule has 0 heterocycles. The Bertz CT molecular complexity index is 237. The molecule has 16 heavy (non-hydrogen) atoms. The molecule has 0 spiro atoms. The second kappa shape index (κ2) is 10.4. The molecule has 1 aromatic carbocycles. The van der Waals surface area contributed by atoms with E-state index in [0.29, 0.717) is 0 Å². The molecule has 0 nitrogen and oxygen atoms in total. The fourth-order valence-corrected chi connectivity index (χ4v) is 6.66. The van der Waals surface area contributed by atoms with Crippen LogP contribution in [0.3, 0.4) is 0 Å². The molecule has 0 aromatic heterocycles. The van der Waals surface area contributed by atoms with E-state index in [9.17, 15) is 0 Å². The van der Waals surface area contributed by atoms with E-state index < -0.39 is 19.8 Å². The van der Waals surface area contributed by atoms with Crippen molar-refractivity contribution in [3.05, 3.63) is 30.3 Å². The van der Waals surface area contributed by atoms with Crippen molar-refractivity contribution in [2.24, 2.45) is 0 Å². The smallest absolute Gasteiger partial charge is 0.0671 e. The second-order valence-corrected chi connectivity index (χ2v) is 17.1. The first-order chi connectivity index (χ1) is 7.65. The molecule has 0 bridgehead atoms. The van der Waals surface area contributed by atoms with Crippen LogP contribution in [0.2, 0.25) is 26.4 Å². The Hall–Kier alpha value is 0.236. The van der Waals surface area contributed by atoms with Crippen molar-refractivity contribution >= 4 is 33.7 Å². The molecule has 0 N–H and O–H groups in total. The predicted molar refractivity (Wildman–Crippen MR) is 80.8 cm³/mol. The van der Waals surface area contributed by atoms with Crippen LogP contribution in [0.25, 0.3) is 0 Å². The first-order valence-corrected chi connectivity index (χ1v) is 14.9. The summed E-state index contributed by atoms with van der Waals surface area (Å²) in [5.74, 6) is 0. The molecule has 90 valence electrons. The molecular weight excluding hydrogens is 315 g/mol. The van der Waals surface area contributed by atoms with Crippen LogP contribution in [0.15, 0.2) is 30.3 Å². The van der Waals surface area contributed by atoms with Crippen molar-refractivity contribution in [2.45, 2.75) is 47.2 Å². The van der Waals surface area contributed by atoms with Gasteiger partial charge in [0.2, 0.25) is 0 Å². The molecule has 0 aliphatic carbocycles. The topological polar surface area (TPSA) is 0 Å². The Morgan fingerprint density at radius 3 is 1.50 bits per heavy atom. The van der Waals surface area contributed by atoms with Crippen molar-refractivity contribution in [3.8, 4) is 0 Å². The predicted octanol–water partition coefficient (Wildman–Crippen LogP) is 4.19. The maximum absolute atomic E-state index is 2.35. The van der Waals surface area contributed by atoms with Gasteiger partial charge in [0.15, 0.2) is 0 Å². The Morgan fingerprint density at radius 1 is 0.875 bits per heavy atom. The van der Waals surface area contributed by atoms with Gasteiger partial charge in [0, 0.05) is 0 Å². The van der Waals surface area contributed by atoms with Gasteiger partial charge in [0.1, 0.15) is 0 Å². The van der Waals surface area contributed by atoms with Crippen LogP contribution < -0.4 is 5.19 Å². The zero-order valence-electron chi connectivity index (χ0n) is 11.5. The zero-order chi connectivity index (χ0) is 12.4. The average Bonchev–Trinajstić information content (AvgIpc) is 2.33. The fraction of sp³-hybridized carbons (Fsp3) is 0.571. The van der Waals surface area contributed by atoms with Gasteiger partial charge in [-0.3, -0.25) is 0 Å². The van der Waals surface area contributed by atoms with Crippen LogP contribution in [0.1, 0.15) is 20.8 Å². The molecule has 1 aromatic rings. The molecule has 0 fully saturated rings. The first-order valence-electron chi connectivity index (χ1n) is 6.34. The van der Waals surface area contributed by atoms with Crippen molar-refractivity contribution in [2.75, 3.05) is 0 Å². The number of hydrogen-bond donors (Lipinski definition) is 0. The molecule has 2 radical (unpaired) electrons. The van der Waals surface area contributed by atoms with Crippen LogP contribution >= 0.6 is 0 Å². The summed E-state index contributed by atoms with van der Waals surface area (Å²) in [6.07, 6.45) is 0. The Morgan fingerprint density at radius 2 is 1.31 bits per heavy atom. The number of hydrogen-bond acceptors (Lipinski definition) is 0. The van der Waals surface area contributed by atoms with Gasteiger partial charge in [0.25, 0.3) is 0 Å². The van der Waals surface area contributed by atoms with Crippen LogP contribution in [-0.2, 0) is 0 Å². The van der Waals surface area contributed by atoms with E-state index >= 15 is 0 Å². The maximum atomic E-state index is 2.35. The van der Waals surface area contributed by atoms with Crippen LogP contribution in [-0.4, -0.2) is 28.6 Å². The molecule has 0 unspecified atom stereocenters. The molecule has 0 saturated carbocycles. The maximum Gasteiger partial charge on any atom is 0.0791 e. The summed E-state index contributed by atoms with van der Waals surface area (Å²) in [5, 5.41) is 1.52. The normalized spacial score (nSPS) is 10.2. The summed E-state index contributed by atoms with van der Waals surface area (Å²) in [4.78, 5) is 0. The van der Waals surface area contributed by atoms with E-state index in [1.54, 1.807) is 13.3 Å². The van der Waals surface area contributed by atoms with Gasteiger partial charge in [-0.05, 0) is 0 Å². The molecule has 0 aliphatic heterocycles. The van der Waals surface area contributed by atoms with E-state index in [1.807, 2.05) is 0 Å². The third-order valence-corrected chi connectivity index (χ3v) is 12.9. The van der Waals surface area contributed by atoms with Gasteiger partial charge >= 0.3 is 53.8 Å². The van der Waals surface area contributed by atoms with Gasteiger partial charge < -0.3 is 0 Å². The van der Waals surface area contributed by atoms with Crippen LogP contribution in [0.5, 0.6) is 0 Å². The molecule has 0 atom stereocenters. The summed E-state index contributed by atoms with van der Waals surface area (Å²) in [7, 11) is -0.212. The van der Waals surface area contributed by atoms with E-state index in [0.717, 1.165) is 0 Å². The Labute approximate surface area is 111 Å². The van der Waals surface area contributed by atoms with E-state index in [1.165, 1.54) is 5.19 Å². The zero-order valence-corrected chi connectivity index (χ0v) is 15.4. The largest absolute Gasteiger partial charge is 0.0791 e. The van der Waals surface area contributed by atoms with Gasteiger partial charge in [-0.2, -0.15) is 0 Å². The summed E-state index contributed by atoms with van der Waals surface area (Å²) >= 11 is -0.653. The third kappa shape index (κ3) is 7.50. The van der Waals surface area contributed by atoms with Crippen molar-refractivity contribution < 1.29 is 0 Å². The summed E-state index contributed by atoms with van der Waals surface area (Å²) in [6, 6.07) is 10.7. The Balaban J connectivity index is 0.000000293. The number of rotatable bonds is 4. The van der Waals surface area contributed by atoms with Gasteiger partial charge in [0.05, 0.1) is 8.80 Å². The van der Waals surface area contributed by atoms with E-state index in [-0.39, 0.29) is 8.80 Å². The molecule has 0 saturated heterocycles. The second-order valence-electron chi connectivity index (χ2n) is 4.18. The first kappa shape index (κ1) is 16.2. The van der Waals surface area contributed by atoms with Crippen LogP contribution in [0.4, 0.5) is 0 Å². The standard InChI is InChI=1S/C8H11Si.3C2H5.Sn/c1-9(2)8-6-4-3-5-7-8;3*1-2;/h3-7H,1-2H3;3*1H2,2H3;. The van der Waals surface area contributed by atoms with Crippen LogP contribution in [0, 0.1) is 0 Å². The van der Waals surface area contributed by atoms with Crippen molar-refractivity contribution in [1.82, 2.24) is 0 Å².